The number of carboxylic acid groups (broad SMARTS) is 1. The SMILES string of the molecule is CC(C)(CC(=O)O)CC(=O)N[C@@H]1CCC[C@@H](Nc2ccccc2Oc2ccccc2)[C@@H]1O. The molecule has 0 radical (unpaired) electrons. The molecule has 1 aliphatic rings. The Morgan fingerprint density at radius 1 is 1.00 bits per heavy atom. The topological polar surface area (TPSA) is 108 Å². The minimum Gasteiger partial charge on any atom is -0.481 e. The first-order chi connectivity index (χ1) is 15.2. The Morgan fingerprint density at radius 2 is 1.66 bits per heavy atom. The summed E-state index contributed by atoms with van der Waals surface area (Å²) in [6, 6.07) is 16.4. The molecule has 4 N–H and O–H groups in total. The first kappa shape index (κ1) is 23.6. The van der Waals surface area contributed by atoms with Gasteiger partial charge in [0.05, 0.1) is 30.3 Å². The third-order valence-corrected chi connectivity index (χ3v) is 5.67. The molecule has 2 aromatic rings. The molecule has 0 heterocycles. The lowest BCUT2D eigenvalue weighted by Gasteiger charge is -2.37. The van der Waals surface area contributed by atoms with Crippen LogP contribution >= 0.6 is 0 Å². The Balaban J connectivity index is 1.63. The van der Waals surface area contributed by atoms with E-state index in [2.05, 4.69) is 10.6 Å². The highest BCUT2D eigenvalue weighted by Gasteiger charge is 2.34. The lowest BCUT2D eigenvalue weighted by atomic mass is 9.84. The van der Waals surface area contributed by atoms with Crippen molar-refractivity contribution in [2.45, 2.75) is 64.1 Å². The quantitative estimate of drug-likeness (QED) is 0.466. The number of carbonyl (C=O) groups is 2. The maximum absolute atomic E-state index is 12.5. The molecule has 0 bridgehead atoms. The zero-order valence-corrected chi connectivity index (χ0v) is 18.6. The van der Waals surface area contributed by atoms with Crippen molar-refractivity contribution in [3.8, 4) is 11.5 Å². The van der Waals surface area contributed by atoms with Gasteiger partial charge in [-0.3, -0.25) is 9.59 Å². The fraction of sp³-hybridized carbons (Fsp3) is 0.440. The van der Waals surface area contributed by atoms with E-state index in [1.165, 1.54) is 0 Å². The van der Waals surface area contributed by atoms with Crippen LogP contribution in [0, 0.1) is 5.41 Å². The van der Waals surface area contributed by atoms with Crippen LogP contribution in [-0.4, -0.2) is 40.3 Å². The number of ether oxygens (including phenoxy) is 1. The molecule has 7 nitrogen and oxygen atoms in total. The van der Waals surface area contributed by atoms with Gasteiger partial charge >= 0.3 is 5.97 Å². The lowest BCUT2D eigenvalue weighted by Crippen LogP contribution is -2.53. The third-order valence-electron chi connectivity index (χ3n) is 5.67. The Morgan fingerprint density at radius 3 is 2.38 bits per heavy atom. The highest BCUT2D eigenvalue weighted by Crippen LogP contribution is 2.32. The molecule has 2 aromatic carbocycles. The Hall–Kier alpha value is -3.06. The van der Waals surface area contributed by atoms with Gasteiger partial charge < -0.3 is 25.6 Å². The Labute approximate surface area is 188 Å². The molecule has 1 aliphatic carbocycles. The molecular formula is C25H32N2O5. The number of aliphatic carboxylic acids is 1. The fourth-order valence-corrected chi connectivity index (χ4v) is 4.15. The summed E-state index contributed by atoms with van der Waals surface area (Å²) in [5.41, 5.74) is 0.121. The van der Waals surface area contributed by atoms with Crippen LogP contribution in [0.1, 0.15) is 46.0 Å². The zero-order chi connectivity index (χ0) is 23.1. The van der Waals surface area contributed by atoms with Crippen molar-refractivity contribution in [2.24, 2.45) is 5.41 Å². The molecule has 0 unspecified atom stereocenters. The minimum absolute atomic E-state index is 0.0873. The summed E-state index contributed by atoms with van der Waals surface area (Å²) in [5, 5.41) is 26.3. The smallest absolute Gasteiger partial charge is 0.303 e. The molecule has 32 heavy (non-hydrogen) atoms. The van der Waals surface area contributed by atoms with Gasteiger partial charge in [0.2, 0.25) is 5.91 Å². The van der Waals surface area contributed by atoms with Gasteiger partial charge in [0.1, 0.15) is 5.75 Å². The van der Waals surface area contributed by atoms with Crippen LogP contribution in [-0.2, 0) is 9.59 Å². The van der Waals surface area contributed by atoms with Crippen LogP contribution in [0.15, 0.2) is 54.6 Å². The van der Waals surface area contributed by atoms with Crippen molar-refractivity contribution in [1.82, 2.24) is 5.32 Å². The molecule has 0 spiro atoms. The predicted molar refractivity (Wildman–Crippen MR) is 123 cm³/mol. The molecule has 1 amide bonds. The predicted octanol–water partition coefficient (Wildman–Crippen LogP) is 4.18. The standard InChI is InChI=1S/C25H32N2O5/c1-25(2,16-23(29)30)15-22(28)27-20-13-8-12-19(24(20)31)26-18-11-6-7-14-21(18)32-17-9-4-3-5-10-17/h3-7,9-11,14,19-20,24,26,31H,8,12-13,15-16H2,1-2H3,(H,27,28)(H,29,30)/t19-,20-,24+/m1/s1. The number of anilines is 1. The van der Waals surface area contributed by atoms with Crippen molar-refractivity contribution in [3.05, 3.63) is 54.6 Å². The second kappa shape index (κ2) is 10.5. The van der Waals surface area contributed by atoms with Gasteiger partial charge in [-0.15, -0.1) is 0 Å². The molecule has 0 saturated heterocycles. The molecule has 3 atom stereocenters. The third kappa shape index (κ3) is 6.72. The van der Waals surface area contributed by atoms with E-state index >= 15 is 0 Å². The largest absolute Gasteiger partial charge is 0.481 e. The fourth-order valence-electron chi connectivity index (χ4n) is 4.15. The summed E-state index contributed by atoms with van der Waals surface area (Å²) < 4.78 is 6.00. The van der Waals surface area contributed by atoms with E-state index in [1.807, 2.05) is 54.6 Å². The number of para-hydroxylation sites is 3. The van der Waals surface area contributed by atoms with Gasteiger partial charge in [0.15, 0.2) is 5.75 Å². The molecule has 3 rings (SSSR count). The molecule has 1 fully saturated rings. The van der Waals surface area contributed by atoms with E-state index in [4.69, 9.17) is 9.84 Å². The second-order valence-corrected chi connectivity index (χ2v) is 9.17. The number of aliphatic hydroxyl groups is 1. The van der Waals surface area contributed by atoms with Gasteiger partial charge in [0, 0.05) is 6.42 Å². The van der Waals surface area contributed by atoms with Crippen LogP contribution in [0.25, 0.3) is 0 Å². The number of aliphatic hydroxyl groups excluding tert-OH is 1. The average Bonchev–Trinajstić information content (AvgIpc) is 2.71. The highest BCUT2D eigenvalue weighted by molar-refractivity contribution is 5.78. The van der Waals surface area contributed by atoms with Crippen LogP contribution < -0.4 is 15.4 Å². The van der Waals surface area contributed by atoms with Crippen LogP contribution in [0.3, 0.4) is 0 Å². The summed E-state index contributed by atoms with van der Waals surface area (Å²) in [6.07, 6.45) is 1.51. The summed E-state index contributed by atoms with van der Waals surface area (Å²) >= 11 is 0. The maximum atomic E-state index is 12.5. The van der Waals surface area contributed by atoms with Crippen molar-refractivity contribution in [1.29, 1.82) is 0 Å². The van der Waals surface area contributed by atoms with Gasteiger partial charge in [-0.25, -0.2) is 0 Å². The highest BCUT2D eigenvalue weighted by atomic mass is 16.5. The number of hydrogen-bond acceptors (Lipinski definition) is 5. The molecular weight excluding hydrogens is 408 g/mol. The van der Waals surface area contributed by atoms with Gasteiger partial charge in [-0.2, -0.15) is 0 Å². The first-order valence-corrected chi connectivity index (χ1v) is 11.0. The van der Waals surface area contributed by atoms with Gasteiger partial charge in [0.25, 0.3) is 0 Å². The summed E-state index contributed by atoms with van der Waals surface area (Å²) in [7, 11) is 0. The van der Waals surface area contributed by atoms with E-state index in [-0.39, 0.29) is 24.8 Å². The second-order valence-electron chi connectivity index (χ2n) is 9.17. The van der Waals surface area contributed by atoms with E-state index in [0.717, 1.165) is 24.3 Å². The normalized spacial score (nSPS) is 20.9. The van der Waals surface area contributed by atoms with E-state index in [9.17, 15) is 14.7 Å². The summed E-state index contributed by atoms with van der Waals surface area (Å²) in [4.78, 5) is 23.5. The molecule has 0 aliphatic heterocycles. The van der Waals surface area contributed by atoms with Crippen LogP contribution in [0.4, 0.5) is 5.69 Å². The maximum Gasteiger partial charge on any atom is 0.303 e. The Bertz CT molecular complexity index is 916. The minimum atomic E-state index is -0.929. The zero-order valence-electron chi connectivity index (χ0n) is 18.6. The van der Waals surface area contributed by atoms with E-state index in [0.29, 0.717) is 12.2 Å². The molecule has 0 aromatic heterocycles. The van der Waals surface area contributed by atoms with Gasteiger partial charge in [-0.1, -0.05) is 44.2 Å². The van der Waals surface area contributed by atoms with Crippen LogP contribution in [0.5, 0.6) is 11.5 Å². The number of carbonyl (C=O) groups excluding carboxylic acids is 1. The summed E-state index contributed by atoms with van der Waals surface area (Å²) in [5.74, 6) is 0.211. The number of benzene rings is 2. The summed E-state index contributed by atoms with van der Waals surface area (Å²) in [6.45, 7) is 3.51. The van der Waals surface area contributed by atoms with E-state index in [1.54, 1.807) is 13.8 Å². The average molecular weight is 441 g/mol. The number of carboxylic acids is 1. The van der Waals surface area contributed by atoms with Crippen molar-refractivity contribution >= 4 is 17.6 Å². The monoisotopic (exact) mass is 440 g/mol. The molecule has 7 heteroatoms. The number of nitrogens with one attached hydrogen (secondary N) is 2. The van der Waals surface area contributed by atoms with Crippen molar-refractivity contribution in [3.63, 3.8) is 0 Å². The Kier molecular flexibility index (Phi) is 7.75. The number of rotatable bonds is 9. The van der Waals surface area contributed by atoms with Gasteiger partial charge in [-0.05, 0) is 48.9 Å². The molecule has 172 valence electrons. The molecule has 1 saturated carbocycles. The van der Waals surface area contributed by atoms with E-state index < -0.39 is 23.5 Å². The first-order valence-electron chi connectivity index (χ1n) is 11.0. The van der Waals surface area contributed by atoms with Crippen molar-refractivity contribution < 1.29 is 24.5 Å². The lowest BCUT2D eigenvalue weighted by molar-refractivity contribution is -0.139. The number of amides is 1. The van der Waals surface area contributed by atoms with Crippen LogP contribution in [0.2, 0.25) is 0 Å². The number of hydrogen-bond donors (Lipinski definition) is 4. The van der Waals surface area contributed by atoms with Crippen molar-refractivity contribution in [2.75, 3.05) is 5.32 Å².